The second-order valence-corrected chi connectivity index (χ2v) is 4.52. The Labute approximate surface area is 106 Å². The molecular formula is C15H14N2O. The second-order valence-electron chi connectivity index (χ2n) is 4.52. The third-order valence-corrected chi connectivity index (χ3v) is 3.24. The smallest absolute Gasteiger partial charge is 0.161 e. The summed E-state index contributed by atoms with van der Waals surface area (Å²) < 4.78 is 0. The summed E-state index contributed by atoms with van der Waals surface area (Å²) >= 11 is 0. The van der Waals surface area contributed by atoms with E-state index in [1.165, 1.54) is 5.56 Å². The first kappa shape index (κ1) is 11.0. The molecule has 0 aliphatic carbocycles. The minimum Gasteiger partial charge on any atom is -0.375 e. The van der Waals surface area contributed by atoms with Crippen molar-refractivity contribution in [3.8, 4) is 0 Å². The van der Waals surface area contributed by atoms with Crippen LogP contribution >= 0.6 is 0 Å². The van der Waals surface area contributed by atoms with Crippen LogP contribution in [0.15, 0.2) is 48.7 Å². The van der Waals surface area contributed by atoms with E-state index in [0.717, 1.165) is 17.8 Å². The average molecular weight is 238 g/mol. The van der Waals surface area contributed by atoms with Crippen LogP contribution < -0.4 is 5.32 Å². The van der Waals surface area contributed by atoms with Crippen molar-refractivity contribution in [1.29, 1.82) is 0 Å². The van der Waals surface area contributed by atoms with Crippen molar-refractivity contribution in [2.45, 2.75) is 18.9 Å². The summed E-state index contributed by atoms with van der Waals surface area (Å²) in [6.45, 7) is 0. The maximum absolute atomic E-state index is 12.2. The Morgan fingerprint density at radius 2 is 2.06 bits per heavy atom. The Kier molecular flexibility index (Phi) is 2.81. The van der Waals surface area contributed by atoms with E-state index in [0.29, 0.717) is 6.42 Å². The molecule has 0 radical (unpaired) electrons. The third-order valence-electron chi connectivity index (χ3n) is 3.24. The highest BCUT2D eigenvalue weighted by molar-refractivity contribution is 5.90. The monoisotopic (exact) mass is 238 g/mol. The number of ketones is 1. The second kappa shape index (κ2) is 4.61. The number of aromatic nitrogens is 1. The van der Waals surface area contributed by atoms with Crippen LogP contribution in [0.5, 0.6) is 0 Å². The first-order valence-electron chi connectivity index (χ1n) is 6.10. The van der Waals surface area contributed by atoms with Crippen LogP contribution in [0.1, 0.15) is 11.3 Å². The predicted molar refractivity (Wildman–Crippen MR) is 70.5 cm³/mol. The number of fused-ring (bicyclic) bond motifs is 1. The van der Waals surface area contributed by atoms with Gasteiger partial charge in [0.1, 0.15) is 0 Å². The number of nitrogens with zero attached hydrogens (tertiary/aromatic N) is 1. The number of Topliss-reactive ketones (excluding diaryl/α,β-unsaturated/α-hetero) is 1. The van der Waals surface area contributed by atoms with Gasteiger partial charge >= 0.3 is 0 Å². The van der Waals surface area contributed by atoms with Crippen molar-refractivity contribution in [2.75, 3.05) is 5.32 Å². The summed E-state index contributed by atoms with van der Waals surface area (Å²) in [4.78, 5) is 16.4. The zero-order valence-corrected chi connectivity index (χ0v) is 9.97. The molecule has 1 N–H and O–H groups in total. The van der Waals surface area contributed by atoms with Crippen LogP contribution in [-0.4, -0.2) is 16.8 Å². The topological polar surface area (TPSA) is 42.0 Å². The highest BCUT2D eigenvalue weighted by Gasteiger charge is 2.26. The SMILES string of the molecule is O=C(Cc1ccccn1)C1Cc2ccccc2N1. The van der Waals surface area contributed by atoms with Crippen LogP contribution in [0.4, 0.5) is 5.69 Å². The number of hydrogen-bond acceptors (Lipinski definition) is 3. The van der Waals surface area contributed by atoms with Gasteiger partial charge in [0.2, 0.25) is 0 Å². The molecule has 0 bridgehead atoms. The van der Waals surface area contributed by atoms with E-state index in [9.17, 15) is 4.79 Å². The molecule has 1 aromatic heterocycles. The molecule has 2 heterocycles. The van der Waals surface area contributed by atoms with Gasteiger partial charge in [0, 0.05) is 24.0 Å². The molecule has 3 nitrogen and oxygen atoms in total. The Balaban J connectivity index is 1.70. The summed E-state index contributed by atoms with van der Waals surface area (Å²) in [5.74, 6) is 0.199. The summed E-state index contributed by atoms with van der Waals surface area (Å²) in [6.07, 6.45) is 2.90. The molecule has 1 atom stereocenters. The van der Waals surface area contributed by atoms with E-state index in [1.54, 1.807) is 6.20 Å². The van der Waals surface area contributed by atoms with Crippen LogP contribution in [0.2, 0.25) is 0 Å². The lowest BCUT2D eigenvalue weighted by molar-refractivity contribution is -0.119. The van der Waals surface area contributed by atoms with Gasteiger partial charge in [0.05, 0.1) is 12.5 Å². The molecular weight excluding hydrogens is 224 g/mol. The van der Waals surface area contributed by atoms with E-state index < -0.39 is 0 Å². The molecule has 1 aliphatic heterocycles. The minimum absolute atomic E-state index is 0.107. The lowest BCUT2D eigenvalue weighted by atomic mass is 10.0. The van der Waals surface area contributed by atoms with Gasteiger partial charge in [-0.05, 0) is 23.8 Å². The molecule has 3 rings (SSSR count). The van der Waals surface area contributed by atoms with E-state index in [2.05, 4.69) is 16.4 Å². The molecule has 3 heteroatoms. The van der Waals surface area contributed by atoms with E-state index in [-0.39, 0.29) is 11.8 Å². The molecule has 2 aromatic rings. The van der Waals surface area contributed by atoms with Crippen molar-refractivity contribution in [2.24, 2.45) is 0 Å². The number of nitrogens with one attached hydrogen (secondary N) is 1. The largest absolute Gasteiger partial charge is 0.375 e. The number of carbonyl (C=O) groups excluding carboxylic acids is 1. The van der Waals surface area contributed by atoms with Gasteiger partial charge in [-0.15, -0.1) is 0 Å². The standard InChI is InChI=1S/C15H14N2O/c18-15(10-12-6-3-4-8-16-12)14-9-11-5-1-2-7-13(11)17-14/h1-8,14,17H,9-10H2. The van der Waals surface area contributed by atoms with Crippen molar-refractivity contribution in [3.63, 3.8) is 0 Å². The summed E-state index contributed by atoms with van der Waals surface area (Å²) in [5.41, 5.74) is 3.13. The molecule has 18 heavy (non-hydrogen) atoms. The average Bonchev–Trinajstić information content (AvgIpc) is 2.84. The van der Waals surface area contributed by atoms with Crippen molar-refractivity contribution >= 4 is 11.5 Å². The predicted octanol–water partition coefficient (Wildman–Crippen LogP) is 2.23. The third kappa shape index (κ3) is 2.12. The van der Waals surface area contributed by atoms with Crippen molar-refractivity contribution < 1.29 is 4.79 Å². The normalized spacial score (nSPS) is 17.0. The van der Waals surface area contributed by atoms with Crippen molar-refractivity contribution in [1.82, 2.24) is 4.98 Å². The number of para-hydroxylation sites is 1. The maximum Gasteiger partial charge on any atom is 0.161 e. The molecule has 0 saturated heterocycles. The fourth-order valence-corrected chi connectivity index (χ4v) is 2.30. The Morgan fingerprint density at radius 3 is 2.83 bits per heavy atom. The molecule has 1 unspecified atom stereocenters. The number of benzene rings is 1. The summed E-state index contributed by atoms with van der Waals surface area (Å²) in [5, 5.41) is 3.28. The molecule has 0 spiro atoms. The zero-order valence-electron chi connectivity index (χ0n) is 9.97. The lowest BCUT2D eigenvalue weighted by Crippen LogP contribution is -2.28. The summed E-state index contributed by atoms with van der Waals surface area (Å²) in [6, 6.07) is 13.6. The van der Waals surface area contributed by atoms with Gasteiger partial charge in [0.15, 0.2) is 5.78 Å². The van der Waals surface area contributed by atoms with Gasteiger partial charge in [-0.25, -0.2) is 0 Å². The van der Waals surface area contributed by atoms with Gasteiger partial charge in [-0.1, -0.05) is 24.3 Å². The van der Waals surface area contributed by atoms with Gasteiger partial charge in [-0.3, -0.25) is 9.78 Å². The summed E-state index contributed by atoms with van der Waals surface area (Å²) in [7, 11) is 0. The molecule has 1 aliphatic rings. The molecule has 0 saturated carbocycles. The first-order chi connectivity index (χ1) is 8.83. The lowest BCUT2D eigenvalue weighted by Gasteiger charge is -2.09. The molecule has 0 fully saturated rings. The van der Waals surface area contributed by atoms with E-state index in [4.69, 9.17) is 0 Å². The highest BCUT2D eigenvalue weighted by atomic mass is 16.1. The zero-order chi connectivity index (χ0) is 12.4. The number of pyridine rings is 1. The maximum atomic E-state index is 12.2. The number of rotatable bonds is 3. The number of hydrogen-bond donors (Lipinski definition) is 1. The van der Waals surface area contributed by atoms with E-state index >= 15 is 0 Å². The quantitative estimate of drug-likeness (QED) is 0.891. The Bertz CT molecular complexity index is 541. The van der Waals surface area contributed by atoms with Gasteiger partial charge in [-0.2, -0.15) is 0 Å². The fourth-order valence-electron chi connectivity index (χ4n) is 2.30. The van der Waals surface area contributed by atoms with Crippen LogP contribution in [-0.2, 0) is 17.6 Å². The first-order valence-corrected chi connectivity index (χ1v) is 6.10. The number of anilines is 1. The number of carbonyl (C=O) groups is 1. The molecule has 0 amide bonds. The van der Waals surface area contributed by atoms with Crippen LogP contribution in [0, 0.1) is 0 Å². The highest BCUT2D eigenvalue weighted by Crippen LogP contribution is 2.25. The van der Waals surface area contributed by atoms with Crippen LogP contribution in [0.25, 0.3) is 0 Å². The van der Waals surface area contributed by atoms with Gasteiger partial charge in [0.25, 0.3) is 0 Å². The Morgan fingerprint density at radius 1 is 1.22 bits per heavy atom. The molecule has 90 valence electrons. The minimum atomic E-state index is -0.107. The fraction of sp³-hybridized carbons (Fsp3) is 0.200. The Hall–Kier alpha value is -2.16. The molecule has 1 aromatic carbocycles. The van der Waals surface area contributed by atoms with E-state index in [1.807, 2.05) is 36.4 Å². The van der Waals surface area contributed by atoms with Crippen molar-refractivity contribution in [3.05, 3.63) is 59.9 Å². The van der Waals surface area contributed by atoms with Crippen LogP contribution in [0.3, 0.4) is 0 Å². The van der Waals surface area contributed by atoms with Gasteiger partial charge < -0.3 is 5.32 Å².